The molecule has 1 amide bonds. The molecule has 2 aliphatic carbocycles. The number of amides is 1. The topological polar surface area (TPSA) is 153 Å². The minimum Gasteiger partial charge on any atom is -0.459 e. The maximum atomic E-state index is 14.5. The molecule has 67 heavy (non-hydrogen) atoms. The van der Waals surface area contributed by atoms with E-state index >= 15 is 0 Å². The number of oxime groups is 1. The number of carbonyl (C=O) groups is 1. The molecule has 0 saturated heterocycles. The molecule has 364 valence electrons. The quantitative estimate of drug-likeness (QED) is 0.0226. The zero-order valence-corrected chi connectivity index (χ0v) is 40.8. The van der Waals surface area contributed by atoms with Crippen LogP contribution < -0.4 is 9.47 Å². The SMILES string of the molecule is C=CCO[C@@]12Oc3ccc(Oc4ccc(SC)cc4)cc3[C@H]3[C@H](CCCCO)[C@@H](CCCCO)C=C(C(=NOCc4ccc([N+](=O)[O-])cc4)C[C@@H]1N(C)C(=O)CCCCCCCCCCC)[C@H]32. The van der Waals surface area contributed by atoms with Gasteiger partial charge >= 0.3 is 0 Å². The highest BCUT2D eigenvalue weighted by Gasteiger charge is 2.65. The van der Waals surface area contributed by atoms with Gasteiger partial charge in [0.15, 0.2) is 0 Å². The first kappa shape index (κ1) is 51.7. The Morgan fingerprint density at radius 3 is 2.25 bits per heavy atom. The summed E-state index contributed by atoms with van der Waals surface area (Å²) >= 11 is 1.67. The third kappa shape index (κ3) is 13.3. The van der Waals surface area contributed by atoms with Gasteiger partial charge in [-0.15, -0.1) is 18.3 Å². The lowest BCUT2D eigenvalue weighted by atomic mass is 9.55. The molecule has 0 spiro atoms. The molecule has 13 heteroatoms. The molecular formula is C54H73N3O9S. The van der Waals surface area contributed by atoms with Gasteiger partial charge in [-0.1, -0.05) is 88.4 Å². The number of carbonyl (C=O) groups excluding carboxylic acids is 1. The molecule has 6 atom stereocenters. The van der Waals surface area contributed by atoms with E-state index in [1.54, 1.807) is 30.0 Å². The van der Waals surface area contributed by atoms with Crippen molar-refractivity contribution in [2.75, 3.05) is 33.1 Å². The molecule has 0 aromatic heterocycles. The van der Waals surface area contributed by atoms with Gasteiger partial charge < -0.3 is 34.2 Å². The number of likely N-dealkylation sites (N-methyl/N-ethyl adjacent to an activating group) is 1. The van der Waals surface area contributed by atoms with Crippen LogP contribution in [0.2, 0.25) is 0 Å². The molecule has 1 heterocycles. The molecule has 0 bridgehead atoms. The van der Waals surface area contributed by atoms with Gasteiger partial charge in [0.05, 0.1) is 23.2 Å². The third-order valence-electron chi connectivity index (χ3n) is 13.8. The lowest BCUT2D eigenvalue weighted by molar-refractivity contribution is -0.384. The summed E-state index contributed by atoms with van der Waals surface area (Å²) in [6.45, 7) is 6.73. The minimum atomic E-state index is -1.35. The molecule has 1 fully saturated rings. The summed E-state index contributed by atoms with van der Waals surface area (Å²) in [5.41, 5.74) is 3.33. The molecule has 3 aliphatic rings. The van der Waals surface area contributed by atoms with Crippen LogP contribution in [0, 0.1) is 27.9 Å². The lowest BCUT2D eigenvalue weighted by Crippen LogP contribution is -2.69. The van der Waals surface area contributed by atoms with Crippen LogP contribution in [0.3, 0.4) is 0 Å². The number of nitro benzene ring substituents is 1. The standard InChI is InChI=1S/C54H73N3O9S/c1-5-7-8-9-10-11-12-13-14-21-51(60)56(3)50-37-48(55-64-38-39-22-24-41(25-23-39)57(61)62)46-35-40(19-15-17-32-58)45(20-16-18-33-59)52-47-36-43(65-42-26-29-44(67-4)30-27-42)28-31-49(47)66-54(50,53(46)52)63-34-6-2/h6,22-31,35-36,40,45,50,52-53,58-59H,2,5,7-21,32-34,37-38H2,1,3-4H3/t40-,45+,50-,52+,53+,54+/m0/s1. The van der Waals surface area contributed by atoms with Gasteiger partial charge in [-0.2, -0.15) is 0 Å². The Morgan fingerprint density at radius 2 is 1.60 bits per heavy atom. The number of hydrogen-bond donors (Lipinski definition) is 2. The summed E-state index contributed by atoms with van der Waals surface area (Å²) in [5, 5.41) is 36.2. The summed E-state index contributed by atoms with van der Waals surface area (Å²) in [4.78, 5) is 34.6. The number of rotatable bonds is 29. The average Bonchev–Trinajstić information content (AvgIpc) is 3.34. The first-order valence-electron chi connectivity index (χ1n) is 24.7. The first-order valence-corrected chi connectivity index (χ1v) is 25.9. The van der Waals surface area contributed by atoms with Crippen molar-refractivity contribution >= 4 is 29.1 Å². The van der Waals surface area contributed by atoms with E-state index in [1.165, 1.54) is 50.7 Å². The van der Waals surface area contributed by atoms with Crippen LogP contribution in [-0.4, -0.2) is 76.6 Å². The van der Waals surface area contributed by atoms with Crippen molar-refractivity contribution in [3.05, 3.63) is 112 Å². The zero-order valence-electron chi connectivity index (χ0n) is 40.0. The zero-order chi connectivity index (χ0) is 47.6. The van der Waals surface area contributed by atoms with Gasteiger partial charge in [-0.05, 0) is 116 Å². The van der Waals surface area contributed by atoms with Crippen LogP contribution in [-0.2, 0) is 21.0 Å². The summed E-state index contributed by atoms with van der Waals surface area (Å²) in [6.07, 6.45) is 21.7. The molecule has 12 nitrogen and oxygen atoms in total. The number of nitro groups is 1. The number of allylic oxidation sites excluding steroid dienone is 1. The van der Waals surface area contributed by atoms with Gasteiger partial charge in [0.2, 0.25) is 11.7 Å². The Hall–Kier alpha value is -4.69. The Kier molecular flexibility index (Phi) is 20.2. The summed E-state index contributed by atoms with van der Waals surface area (Å²) in [7, 11) is 1.86. The Labute approximate surface area is 402 Å². The van der Waals surface area contributed by atoms with Crippen molar-refractivity contribution in [2.45, 2.75) is 145 Å². The van der Waals surface area contributed by atoms with E-state index in [2.05, 4.69) is 25.6 Å². The molecule has 3 aromatic carbocycles. The average molecular weight is 940 g/mol. The summed E-state index contributed by atoms with van der Waals surface area (Å²) in [6, 6.07) is 19.6. The fourth-order valence-corrected chi connectivity index (χ4v) is 10.8. The predicted octanol–water partition coefficient (Wildman–Crippen LogP) is 12.3. The van der Waals surface area contributed by atoms with Crippen molar-refractivity contribution in [2.24, 2.45) is 22.9 Å². The second kappa shape index (κ2) is 26.2. The van der Waals surface area contributed by atoms with E-state index in [9.17, 15) is 25.1 Å². The number of nitrogens with zero attached hydrogens (tertiary/aromatic N) is 3. The van der Waals surface area contributed by atoms with Crippen LogP contribution >= 0.6 is 11.8 Å². The third-order valence-corrected chi connectivity index (χ3v) is 14.6. The highest BCUT2D eigenvalue weighted by molar-refractivity contribution is 7.98. The largest absolute Gasteiger partial charge is 0.459 e. The van der Waals surface area contributed by atoms with Gasteiger partial charge in [-0.25, -0.2) is 0 Å². The number of fused-ring (bicyclic) bond motifs is 2. The number of thioether (sulfide) groups is 1. The van der Waals surface area contributed by atoms with Crippen molar-refractivity contribution in [1.29, 1.82) is 0 Å². The first-order chi connectivity index (χ1) is 32.7. The van der Waals surface area contributed by atoms with Crippen LogP contribution in [0.4, 0.5) is 5.69 Å². The van der Waals surface area contributed by atoms with E-state index in [1.807, 2.05) is 54.6 Å². The van der Waals surface area contributed by atoms with Crippen LogP contribution in [0.1, 0.15) is 133 Å². The monoisotopic (exact) mass is 940 g/mol. The van der Waals surface area contributed by atoms with Gasteiger partial charge in [0, 0.05) is 61.6 Å². The van der Waals surface area contributed by atoms with Crippen LogP contribution in [0.25, 0.3) is 0 Å². The maximum absolute atomic E-state index is 14.5. The molecule has 1 aliphatic heterocycles. The summed E-state index contributed by atoms with van der Waals surface area (Å²) in [5.74, 6) is 0.188. The maximum Gasteiger partial charge on any atom is 0.269 e. The van der Waals surface area contributed by atoms with Crippen molar-refractivity contribution in [3.8, 4) is 17.2 Å². The lowest BCUT2D eigenvalue weighted by Gasteiger charge is -2.59. The second-order valence-electron chi connectivity index (χ2n) is 18.3. The van der Waals surface area contributed by atoms with Gasteiger partial charge in [-0.3, -0.25) is 14.9 Å². The highest BCUT2D eigenvalue weighted by Crippen LogP contribution is 2.62. The summed E-state index contributed by atoms with van der Waals surface area (Å²) < 4.78 is 21.0. The molecule has 0 radical (unpaired) electrons. The predicted molar refractivity (Wildman–Crippen MR) is 266 cm³/mol. The van der Waals surface area contributed by atoms with Crippen molar-refractivity contribution < 1.29 is 39.0 Å². The van der Waals surface area contributed by atoms with E-state index in [0.29, 0.717) is 42.2 Å². The number of benzene rings is 3. The Morgan fingerprint density at radius 1 is 0.925 bits per heavy atom. The number of unbranched alkanes of at least 4 members (excludes halogenated alkanes) is 10. The molecule has 0 unspecified atom stereocenters. The van der Waals surface area contributed by atoms with E-state index in [-0.39, 0.29) is 62.2 Å². The number of aliphatic hydroxyl groups is 2. The van der Waals surface area contributed by atoms with Gasteiger partial charge in [0.25, 0.3) is 5.69 Å². The number of aliphatic hydroxyl groups excluding tert-OH is 2. The minimum absolute atomic E-state index is 0.00464. The van der Waals surface area contributed by atoms with E-state index in [0.717, 1.165) is 66.5 Å². The molecular weight excluding hydrogens is 867 g/mol. The van der Waals surface area contributed by atoms with Crippen LogP contribution in [0.5, 0.6) is 17.2 Å². The Balaban J connectivity index is 1.44. The van der Waals surface area contributed by atoms with Crippen LogP contribution in [0.15, 0.2) is 101 Å². The molecule has 1 saturated carbocycles. The molecule has 6 rings (SSSR count). The fourth-order valence-electron chi connectivity index (χ4n) is 10.4. The number of hydrogen-bond acceptors (Lipinski definition) is 11. The van der Waals surface area contributed by atoms with Gasteiger partial charge in [0.1, 0.15) is 29.9 Å². The number of ether oxygens (including phenoxy) is 3. The second-order valence-corrected chi connectivity index (χ2v) is 19.2. The normalized spacial score (nSPS) is 22.3. The molecule has 2 N–H and O–H groups in total. The Bertz CT molecular complexity index is 2110. The van der Waals surface area contributed by atoms with Crippen molar-refractivity contribution in [3.63, 3.8) is 0 Å². The van der Waals surface area contributed by atoms with E-state index < -0.39 is 22.7 Å². The smallest absolute Gasteiger partial charge is 0.269 e. The number of non-ortho nitro benzene ring substituents is 1. The van der Waals surface area contributed by atoms with Crippen molar-refractivity contribution in [1.82, 2.24) is 4.90 Å². The highest BCUT2D eigenvalue weighted by atomic mass is 32.2. The molecule has 3 aromatic rings. The fraction of sp³-hybridized carbons (Fsp3) is 0.556. The van der Waals surface area contributed by atoms with E-state index in [4.69, 9.17) is 24.2 Å².